The minimum atomic E-state index is 0.192. The van der Waals surface area contributed by atoms with Crippen LogP contribution in [0.4, 0.5) is 0 Å². The first-order chi connectivity index (χ1) is 10.8. The van der Waals surface area contributed by atoms with Gasteiger partial charge in [0.25, 0.3) is 5.91 Å². The van der Waals surface area contributed by atoms with E-state index in [1.54, 1.807) is 0 Å². The molecule has 4 atom stereocenters. The maximum atomic E-state index is 13.2. The van der Waals surface area contributed by atoms with Gasteiger partial charge >= 0.3 is 0 Å². The zero-order valence-corrected chi connectivity index (χ0v) is 12.7. The molecule has 3 bridgehead atoms. The summed E-state index contributed by atoms with van der Waals surface area (Å²) in [5, 5.41) is 0. The molecule has 0 spiro atoms. The molecule has 1 aromatic carbocycles. The van der Waals surface area contributed by atoms with E-state index in [1.165, 1.54) is 18.5 Å². The van der Waals surface area contributed by atoms with Gasteiger partial charge in [-0.05, 0) is 30.7 Å². The lowest BCUT2D eigenvalue weighted by atomic mass is 9.93. The van der Waals surface area contributed by atoms with Crippen LogP contribution in [0, 0.1) is 5.92 Å². The lowest BCUT2D eigenvalue weighted by Crippen LogP contribution is -2.53. The minimum Gasteiger partial charge on any atom is -0.331 e. The molecule has 3 fully saturated rings. The second-order valence-corrected chi connectivity index (χ2v) is 7.13. The van der Waals surface area contributed by atoms with Crippen molar-refractivity contribution in [3.63, 3.8) is 0 Å². The molecule has 4 nitrogen and oxygen atoms in total. The molecule has 3 saturated heterocycles. The van der Waals surface area contributed by atoms with Gasteiger partial charge in [-0.15, -0.1) is 0 Å². The first-order valence-corrected chi connectivity index (χ1v) is 8.49. The van der Waals surface area contributed by atoms with Crippen molar-refractivity contribution in [3.05, 3.63) is 35.4 Å². The number of hydrogen-bond acceptors (Lipinski definition) is 3. The second kappa shape index (κ2) is 4.66. The Bertz CT molecular complexity index is 668. The first kappa shape index (κ1) is 12.8. The van der Waals surface area contributed by atoms with Crippen molar-refractivity contribution in [3.8, 4) is 0 Å². The quantitative estimate of drug-likeness (QED) is 0.790. The van der Waals surface area contributed by atoms with Gasteiger partial charge in [0, 0.05) is 37.3 Å². The Morgan fingerprint density at radius 1 is 1.18 bits per heavy atom. The first-order valence-electron chi connectivity index (χ1n) is 8.49. The van der Waals surface area contributed by atoms with E-state index >= 15 is 0 Å². The highest BCUT2D eigenvalue weighted by Crippen LogP contribution is 2.40. The number of piperidine rings is 1. The smallest absolute Gasteiger partial charge is 0.273 e. The molecule has 0 aliphatic carbocycles. The zero-order chi connectivity index (χ0) is 14.7. The number of amides is 1. The van der Waals surface area contributed by atoms with Crippen LogP contribution in [0.15, 0.2) is 29.3 Å². The molecule has 0 radical (unpaired) electrons. The van der Waals surface area contributed by atoms with E-state index in [9.17, 15) is 4.79 Å². The summed E-state index contributed by atoms with van der Waals surface area (Å²) in [5.74, 6) is 0.875. The summed E-state index contributed by atoms with van der Waals surface area (Å²) >= 11 is 0. The Morgan fingerprint density at radius 2 is 2.05 bits per heavy atom. The van der Waals surface area contributed by atoms with Gasteiger partial charge in [0.15, 0.2) is 0 Å². The topological polar surface area (TPSA) is 35.9 Å². The summed E-state index contributed by atoms with van der Waals surface area (Å²) in [7, 11) is 0. The third kappa shape index (κ3) is 1.73. The van der Waals surface area contributed by atoms with E-state index in [0.717, 1.165) is 31.5 Å². The van der Waals surface area contributed by atoms with E-state index in [1.807, 2.05) is 12.1 Å². The number of aliphatic imine (C=N–C) groups is 1. The number of benzene rings is 1. The maximum Gasteiger partial charge on any atom is 0.273 e. The Balaban J connectivity index is 1.49. The number of likely N-dealkylation sites (tertiary alicyclic amines) is 1. The SMILES string of the molecule is O=C(C1=NCc2ccccc21)N1C2CCN3CCC1C(C2)C3. The molecule has 0 N–H and O–H groups in total. The van der Waals surface area contributed by atoms with Crippen LogP contribution < -0.4 is 0 Å². The molecule has 0 aromatic heterocycles. The lowest BCUT2D eigenvalue weighted by Gasteiger charge is -2.41. The largest absolute Gasteiger partial charge is 0.331 e. The van der Waals surface area contributed by atoms with Crippen LogP contribution in [-0.2, 0) is 11.3 Å². The van der Waals surface area contributed by atoms with E-state index < -0.39 is 0 Å². The van der Waals surface area contributed by atoms with Crippen molar-refractivity contribution in [1.82, 2.24) is 9.80 Å². The predicted molar refractivity (Wildman–Crippen MR) is 84.9 cm³/mol. The number of rotatable bonds is 1. The van der Waals surface area contributed by atoms with Crippen molar-refractivity contribution in [2.75, 3.05) is 19.6 Å². The van der Waals surface area contributed by atoms with Gasteiger partial charge in [0.2, 0.25) is 0 Å². The highest BCUT2D eigenvalue weighted by molar-refractivity contribution is 6.46. The van der Waals surface area contributed by atoms with Gasteiger partial charge in [0.05, 0.1) is 6.54 Å². The summed E-state index contributed by atoms with van der Waals surface area (Å²) in [6.45, 7) is 4.16. The maximum absolute atomic E-state index is 13.2. The average Bonchev–Trinajstić information content (AvgIpc) is 3.06. The molecular formula is C18H21N3O. The van der Waals surface area contributed by atoms with Crippen LogP contribution in [0.25, 0.3) is 0 Å². The average molecular weight is 295 g/mol. The highest BCUT2D eigenvalue weighted by Gasteiger charge is 2.49. The molecule has 1 aromatic rings. The van der Waals surface area contributed by atoms with Crippen molar-refractivity contribution < 1.29 is 4.79 Å². The summed E-state index contributed by atoms with van der Waals surface area (Å²) in [6.07, 6.45) is 3.47. The minimum absolute atomic E-state index is 0.192. The fourth-order valence-corrected chi connectivity index (χ4v) is 4.98. The van der Waals surface area contributed by atoms with Gasteiger partial charge < -0.3 is 9.80 Å². The van der Waals surface area contributed by atoms with Crippen molar-refractivity contribution in [2.24, 2.45) is 10.9 Å². The van der Waals surface area contributed by atoms with E-state index in [0.29, 0.717) is 30.3 Å². The Morgan fingerprint density at radius 3 is 3.00 bits per heavy atom. The Hall–Kier alpha value is -1.68. The summed E-state index contributed by atoms with van der Waals surface area (Å²) in [4.78, 5) is 22.6. The number of hydrogen-bond donors (Lipinski definition) is 0. The van der Waals surface area contributed by atoms with Crippen molar-refractivity contribution in [2.45, 2.75) is 37.9 Å². The molecule has 4 unspecified atom stereocenters. The number of carbonyl (C=O) groups is 1. The molecule has 1 amide bonds. The van der Waals surface area contributed by atoms with Gasteiger partial charge in [-0.25, -0.2) is 0 Å². The summed E-state index contributed by atoms with van der Waals surface area (Å²) in [6, 6.07) is 9.07. The Kier molecular flexibility index (Phi) is 2.71. The molecule has 4 heteroatoms. The Labute approximate surface area is 130 Å². The molecule has 22 heavy (non-hydrogen) atoms. The van der Waals surface area contributed by atoms with E-state index in [2.05, 4.69) is 26.9 Å². The van der Waals surface area contributed by atoms with Gasteiger partial charge in [0.1, 0.15) is 5.71 Å². The van der Waals surface area contributed by atoms with Gasteiger partial charge in [-0.2, -0.15) is 0 Å². The predicted octanol–water partition coefficient (Wildman–Crippen LogP) is 1.68. The van der Waals surface area contributed by atoms with Crippen molar-refractivity contribution >= 4 is 11.6 Å². The van der Waals surface area contributed by atoms with Crippen LogP contribution >= 0.6 is 0 Å². The molecule has 114 valence electrons. The molecular weight excluding hydrogens is 274 g/mol. The fraction of sp³-hybridized carbons (Fsp3) is 0.556. The lowest BCUT2D eigenvalue weighted by molar-refractivity contribution is -0.128. The summed E-state index contributed by atoms with van der Waals surface area (Å²) in [5.41, 5.74) is 2.97. The van der Waals surface area contributed by atoms with Crippen LogP contribution in [0.2, 0.25) is 0 Å². The molecule has 4 aliphatic heterocycles. The standard InChI is InChI=1S/C18H21N3O/c22-18(17-15-4-2-1-3-12(15)10-19-17)21-14-5-7-20-8-6-16(21)13(9-14)11-20/h1-4,13-14,16H,5-11H2. The third-order valence-corrected chi connectivity index (χ3v) is 6.00. The third-order valence-electron chi connectivity index (χ3n) is 6.00. The van der Waals surface area contributed by atoms with E-state index in [4.69, 9.17) is 0 Å². The van der Waals surface area contributed by atoms with E-state index in [-0.39, 0.29) is 5.91 Å². The van der Waals surface area contributed by atoms with Crippen LogP contribution in [0.5, 0.6) is 0 Å². The fourth-order valence-electron chi connectivity index (χ4n) is 4.98. The number of nitrogens with zero attached hydrogens (tertiary/aromatic N) is 3. The molecule has 4 aliphatic rings. The number of fused-ring (bicyclic) bond motifs is 3. The van der Waals surface area contributed by atoms with Crippen LogP contribution in [0.1, 0.15) is 30.4 Å². The zero-order valence-electron chi connectivity index (χ0n) is 12.7. The summed E-state index contributed by atoms with van der Waals surface area (Å²) < 4.78 is 0. The molecule has 0 saturated carbocycles. The normalized spacial score (nSPS) is 35.3. The van der Waals surface area contributed by atoms with Gasteiger partial charge in [-0.3, -0.25) is 9.79 Å². The van der Waals surface area contributed by atoms with Crippen LogP contribution in [-0.4, -0.2) is 53.1 Å². The molecule has 4 heterocycles. The second-order valence-electron chi connectivity index (χ2n) is 7.13. The number of carbonyl (C=O) groups excluding carboxylic acids is 1. The van der Waals surface area contributed by atoms with Crippen molar-refractivity contribution in [1.29, 1.82) is 0 Å². The highest BCUT2D eigenvalue weighted by atomic mass is 16.2. The van der Waals surface area contributed by atoms with Gasteiger partial charge in [-0.1, -0.05) is 24.3 Å². The monoisotopic (exact) mass is 295 g/mol. The molecule has 5 rings (SSSR count). The van der Waals surface area contributed by atoms with Crippen LogP contribution in [0.3, 0.4) is 0 Å².